The van der Waals surface area contributed by atoms with Crippen LogP contribution in [-0.2, 0) is 9.59 Å². The van der Waals surface area contributed by atoms with Crippen molar-refractivity contribution >= 4 is 51.7 Å². The Morgan fingerprint density at radius 1 is 1.00 bits per heavy atom. The van der Waals surface area contributed by atoms with E-state index in [-0.39, 0.29) is 36.4 Å². The summed E-state index contributed by atoms with van der Waals surface area (Å²) >= 11 is 2.48. The molecule has 1 aliphatic rings. The number of aromatic nitrogens is 1. The van der Waals surface area contributed by atoms with Crippen molar-refractivity contribution in [2.24, 2.45) is 5.73 Å². The molecule has 168 valence electrons. The summed E-state index contributed by atoms with van der Waals surface area (Å²) in [7, 11) is 0. The lowest BCUT2D eigenvalue weighted by Crippen LogP contribution is -2.31. The average molecular weight is 481 g/mol. The van der Waals surface area contributed by atoms with Crippen molar-refractivity contribution in [3.8, 4) is 11.3 Å². The molecule has 8 nitrogen and oxygen atoms in total. The van der Waals surface area contributed by atoms with E-state index < -0.39 is 5.91 Å². The number of hydrogen-bond donors (Lipinski definition) is 2. The lowest BCUT2D eigenvalue weighted by molar-refractivity contribution is -0.116. The first-order valence-electron chi connectivity index (χ1n) is 10.2. The number of amides is 4. The van der Waals surface area contributed by atoms with Gasteiger partial charge in [0.1, 0.15) is 10.7 Å². The lowest BCUT2D eigenvalue weighted by Gasteiger charge is -2.13. The number of nitrogens with two attached hydrogens (primary N) is 1. The summed E-state index contributed by atoms with van der Waals surface area (Å²) in [5.41, 5.74) is 7.46. The molecule has 0 spiro atoms. The minimum absolute atomic E-state index is 0.0927. The highest BCUT2D eigenvalue weighted by Crippen LogP contribution is 2.37. The van der Waals surface area contributed by atoms with E-state index in [0.29, 0.717) is 32.6 Å². The van der Waals surface area contributed by atoms with Crippen LogP contribution >= 0.6 is 23.1 Å². The van der Waals surface area contributed by atoms with Gasteiger partial charge in [-0.05, 0) is 18.6 Å². The second kappa shape index (κ2) is 9.97. The standard InChI is InChI=1S/C23H20N4O4S2/c24-17(28)13-32-23-26-19(14-7-2-1-3-8-14)20(33-23)25-18(29)11-6-12-27-21(30)15-9-4-5-10-16(15)22(27)31/h1-5,7-10H,6,11-13H2,(H2,24,28)(H,25,29). The lowest BCUT2D eigenvalue weighted by atomic mass is 10.1. The number of thiazole rings is 1. The van der Waals surface area contributed by atoms with E-state index in [4.69, 9.17) is 5.73 Å². The number of benzene rings is 2. The number of thioether (sulfide) groups is 1. The zero-order valence-corrected chi connectivity index (χ0v) is 19.1. The molecule has 1 aromatic heterocycles. The molecule has 2 aromatic carbocycles. The smallest absolute Gasteiger partial charge is 0.261 e. The maximum Gasteiger partial charge on any atom is 0.261 e. The number of fused-ring (bicyclic) bond motifs is 1. The van der Waals surface area contributed by atoms with Crippen LogP contribution in [0.3, 0.4) is 0 Å². The van der Waals surface area contributed by atoms with Crippen molar-refractivity contribution in [3.05, 3.63) is 65.7 Å². The molecule has 0 aliphatic carbocycles. The molecule has 2 heterocycles. The zero-order valence-electron chi connectivity index (χ0n) is 17.4. The maximum atomic E-state index is 12.6. The van der Waals surface area contributed by atoms with Gasteiger partial charge in [0.15, 0.2) is 4.34 Å². The van der Waals surface area contributed by atoms with E-state index in [2.05, 4.69) is 10.3 Å². The summed E-state index contributed by atoms with van der Waals surface area (Å²) in [6, 6.07) is 16.1. The molecule has 0 saturated carbocycles. The fraction of sp³-hybridized carbons (Fsp3) is 0.174. The van der Waals surface area contributed by atoms with E-state index in [0.717, 1.165) is 5.56 Å². The predicted octanol–water partition coefficient (Wildman–Crippen LogP) is 3.40. The highest BCUT2D eigenvalue weighted by atomic mass is 32.2. The topological polar surface area (TPSA) is 122 Å². The van der Waals surface area contributed by atoms with E-state index >= 15 is 0 Å². The summed E-state index contributed by atoms with van der Waals surface area (Å²) in [6.07, 6.45) is 0.462. The van der Waals surface area contributed by atoms with Gasteiger partial charge in [0.2, 0.25) is 11.8 Å². The van der Waals surface area contributed by atoms with Crippen molar-refractivity contribution in [2.75, 3.05) is 17.6 Å². The van der Waals surface area contributed by atoms with E-state index in [1.807, 2.05) is 30.3 Å². The number of anilines is 1. The number of rotatable bonds is 9. The Morgan fingerprint density at radius 3 is 2.27 bits per heavy atom. The van der Waals surface area contributed by atoms with Crippen LogP contribution in [0.15, 0.2) is 58.9 Å². The number of hydrogen-bond acceptors (Lipinski definition) is 7. The molecule has 0 saturated heterocycles. The SMILES string of the molecule is NC(=O)CSc1nc(-c2ccccc2)c(NC(=O)CCCN2C(=O)c3ccccc3C2=O)s1. The van der Waals surface area contributed by atoms with Crippen LogP contribution in [0.5, 0.6) is 0 Å². The number of nitrogens with one attached hydrogen (secondary N) is 1. The highest BCUT2D eigenvalue weighted by molar-refractivity contribution is 8.01. The minimum atomic E-state index is -0.449. The fourth-order valence-corrected chi connectivity index (χ4v) is 5.22. The van der Waals surface area contributed by atoms with Gasteiger partial charge in [0, 0.05) is 18.5 Å². The molecule has 0 fully saturated rings. The summed E-state index contributed by atoms with van der Waals surface area (Å²) < 4.78 is 0.619. The van der Waals surface area contributed by atoms with Crippen molar-refractivity contribution in [2.45, 2.75) is 17.2 Å². The molecule has 4 amide bonds. The molecule has 3 N–H and O–H groups in total. The van der Waals surface area contributed by atoms with Gasteiger partial charge in [0.05, 0.1) is 16.9 Å². The Labute approximate surface area is 198 Å². The van der Waals surface area contributed by atoms with Crippen LogP contribution < -0.4 is 11.1 Å². The molecule has 4 rings (SSSR count). The normalized spacial score (nSPS) is 12.7. The van der Waals surface area contributed by atoms with Gasteiger partial charge < -0.3 is 11.1 Å². The Hall–Kier alpha value is -3.50. The molecule has 10 heteroatoms. The summed E-state index contributed by atoms with van der Waals surface area (Å²) in [5.74, 6) is -1.27. The van der Waals surface area contributed by atoms with Crippen molar-refractivity contribution in [1.82, 2.24) is 9.88 Å². The Morgan fingerprint density at radius 2 is 1.64 bits per heavy atom. The highest BCUT2D eigenvalue weighted by Gasteiger charge is 2.34. The number of nitrogens with zero attached hydrogens (tertiary/aromatic N) is 2. The van der Waals surface area contributed by atoms with Gasteiger partial charge in [-0.3, -0.25) is 24.1 Å². The molecule has 0 unspecified atom stereocenters. The molecular weight excluding hydrogens is 460 g/mol. The minimum Gasteiger partial charge on any atom is -0.369 e. The fourth-order valence-electron chi connectivity index (χ4n) is 3.40. The summed E-state index contributed by atoms with van der Waals surface area (Å²) in [4.78, 5) is 54.4. The van der Waals surface area contributed by atoms with Crippen LogP contribution in [0.1, 0.15) is 33.6 Å². The third-order valence-corrected chi connectivity index (χ3v) is 7.05. The average Bonchev–Trinajstić information content (AvgIpc) is 3.32. The van der Waals surface area contributed by atoms with Crippen molar-refractivity contribution < 1.29 is 19.2 Å². The van der Waals surface area contributed by atoms with Gasteiger partial charge in [-0.1, -0.05) is 65.6 Å². The van der Waals surface area contributed by atoms with Crippen LogP contribution in [0.25, 0.3) is 11.3 Å². The van der Waals surface area contributed by atoms with Crippen LogP contribution in [0.2, 0.25) is 0 Å². The van der Waals surface area contributed by atoms with Crippen LogP contribution in [-0.4, -0.2) is 45.8 Å². The largest absolute Gasteiger partial charge is 0.369 e. The van der Waals surface area contributed by atoms with E-state index in [9.17, 15) is 19.2 Å². The Balaban J connectivity index is 1.39. The van der Waals surface area contributed by atoms with Crippen molar-refractivity contribution in [3.63, 3.8) is 0 Å². The molecule has 3 aromatic rings. The number of carbonyl (C=O) groups excluding carboxylic acids is 4. The van der Waals surface area contributed by atoms with Gasteiger partial charge in [0.25, 0.3) is 11.8 Å². The third-order valence-electron chi connectivity index (χ3n) is 4.91. The van der Waals surface area contributed by atoms with Crippen molar-refractivity contribution in [1.29, 1.82) is 0 Å². The van der Waals surface area contributed by atoms with Crippen LogP contribution in [0.4, 0.5) is 5.00 Å². The predicted molar refractivity (Wildman–Crippen MR) is 127 cm³/mol. The first-order chi connectivity index (χ1) is 15.9. The Bertz CT molecular complexity index is 1190. The molecule has 0 atom stereocenters. The molecule has 1 aliphatic heterocycles. The van der Waals surface area contributed by atoms with Gasteiger partial charge in [-0.15, -0.1) is 0 Å². The van der Waals surface area contributed by atoms with Crippen LogP contribution in [0, 0.1) is 0 Å². The van der Waals surface area contributed by atoms with Gasteiger partial charge >= 0.3 is 0 Å². The summed E-state index contributed by atoms with van der Waals surface area (Å²) in [6.45, 7) is 0.160. The van der Waals surface area contributed by atoms with E-state index in [1.165, 1.54) is 28.0 Å². The zero-order chi connectivity index (χ0) is 23.4. The number of primary amides is 1. The van der Waals surface area contributed by atoms with Gasteiger partial charge in [-0.25, -0.2) is 4.98 Å². The summed E-state index contributed by atoms with van der Waals surface area (Å²) in [5, 5.41) is 3.45. The second-order valence-corrected chi connectivity index (χ2v) is 9.46. The maximum absolute atomic E-state index is 12.6. The monoisotopic (exact) mass is 480 g/mol. The molecular formula is C23H20N4O4S2. The first-order valence-corrected chi connectivity index (χ1v) is 12.0. The first kappa shape index (κ1) is 22.7. The van der Waals surface area contributed by atoms with Gasteiger partial charge in [-0.2, -0.15) is 0 Å². The van der Waals surface area contributed by atoms with E-state index in [1.54, 1.807) is 24.3 Å². The quantitative estimate of drug-likeness (QED) is 0.357. The number of imide groups is 1. The second-order valence-electron chi connectivity index (χ2n) is 7.24. The Kier molecular flexibility index (Phi) is 6.85. The third kappa shape index (κ3) is 5.12. The molecule has 33 heavy (non-hydrogen) atoms. The molecule has 0 bridgehead atoms. The molecule has 0 radical (unpaired) electrons. The number of carbonyl (C=O) groups is 4.